The zero-order chi connectivity index (χ0) is 28.3. The number of alkyl halides is 16. The second-order valence-corrected chi connectivity index (χ2v) is 9.81. The first-order chi connectivity index (χ1) is 15.4. The molecule has 0 bridgehead atoms. The first-order valence-electron chi connectivity index (χ1n) is 10.4. The van der Waals surface area contributed by atoms with Crippen molar-refractivity contribution in [3.8, 4) is 0 Å². The van der Waals surface area contributed by atoms with Gasteiger partial charge in [-0.3, -0.25) is 0 Å². The van der Waals surface area contributed by atoms with Crippen molar-refractivity contribution in [2.75, 3.05) is 0 Å². The molecular formula is C19H24F15I. The van der Waals surface area contributed by atoms with Crippen LogP contribution in [0, 0.1) is 5.92 Å². The minimum absolute atomic E-state index is 0.133. The van der Waals surface area contributed by atoms with Gasteiger partial charge in [-0.25, -0.2) is 0 Å². The molecule has 212 valence electrons. The van der Waals surface area contributed by atoms with Crippen LogP contribution in [-0.2, 0) is 0 Å². The van der Waals surface area contributed by atoms with Gasteiger partial charge >= 0.3 is 41.7 Å². The fraction of sp³-hybridized carbons (Fsp3) is 1.00. The molecule has 0 fully saturated rings. The predicted molar refractivity (Wildman–Crippen MR) is 105 cm³/mol. The summed E-state index contributed by atoms with van der Waals surface area (Å²) in [7, 11) is 0. The van der Waals surface area contributed by atoms with Crippen LogP contribution >= 0.6 is 22.6 Å². The second-order valence-electron chi connectivity index (χ2n) is 8.21. The molecule has 0 aliphatic heterocycles. The maximum Gasteiger partial charge on any atom is 0.460 e. The van der Waals surface area contributed by atoms with E-state index in [0.717, 1.165) is 48.3 Å². The molecule has 0 nitrogen and oxygen atoms in total. The van der Waals surface area contributed by atoms with Crippen molar-refractivity contribution in [2.45, 2.75) is 111 Å². The van der Waals surface area contributed by atoms with Crippen molar-refractivity contribution < 1.29 is 65.9 Å². The number of hydrogen-bond acceptors (Lipinski definition) is 0. The molecule has 2 unspecified atom stereocenters. The first-order valence-corrected chi connectivity index (χ1v) is 11.6. The molecule has 35 heavy (non-hydrogen) atoms. The Balaban J connectivity index is 5.81. The molecular weight excluding hydrogens is 640 g/mol. The number of unbranched alkanes of at least 4 members (excludes halogenated alkanes) is 6. The average molecular weight is 664 g/mol. The first kappa shape index (κ1) is 34.7. The van der Waals surface area contributed by atoms with Crippen LogP contribution in [0.15, 0.2) is 0 Å². The molecule has 0 amide bonds. The highest BCUT2D eigenvalue weighted by Gasteiger charge is 2.93. The zero-order valence-electron chi connectivity index (χ0n) is 18.4. The Hall–Kier alpha value is -0.320. The predicted octanol–water partition coefficient (Wildman–Crippen LogP) is 9.94. The van der Waals surface area contributed by atoms with Gasteiger partial charge in [-0.05, 0) is 6.42 Å². The summed E-state index contributed by atoms with van der Waals surface area (Å²) in [6.07, 6.45) is -3.22. The van der Waals surface area contributed by atoms with E-state index in [9.17, 15) is 65.9 Å². The summed E-state index contributed by atoms with van der Waals surface area (Å²) in [5.74, 6) is -48.9. The molecule has 0 N–H and O–H groups in total. The van der Waals surface area contributed by atoms with Crippen LogP contribution in [0.2, 0.25) is 0 Å². The molecule has 0 aromatic rings. The second kappa shape index (κ2) is 11.6. The van der Waals surface area contributed by atoms with E-state index in [2.05, 4.69) is 0 Å². The Morgan fingerprint density at radius 1 is 0.514 bits per heavy atom. The van der Waals surface area contributed by atoms with Gasteiger partial charge in [-0.2, -0.15) is 65.9 Å². The number of halogens is 16. The highest BCUT2D eigenvalue weighted by atomic mass is 127. The lowest BCUT2D eigenvalue weighted by molar-refractivity contribution is -0.454. The van der Waals surface area contributed by atoms with Crippen molar-refractivity contribution in [3.63, 3.8) is 0 Å². The smallest absolute Gasteiger partial charge is 0.199 e. The van der Waals surface area contributed by atoms with Crippen LogP contribution in [0.3, 0.4) is 0 Å². The van der Waals surface area contributed by atoms with E-state index in [1.54, 1.807) is 0 Å². The van der Waals surface area contributed by atoms with Crippen molar-refractivity contribution >= 4 is 22.6 Å². The van der Waals surface area contributed by atoms with Crippen molar-refractivity contribution in [2.24, 2.45) is 5.92 Å². The third-order valence-electron chi connectivity index (χ3n) is 5.55. The number of hydrogen-bond donors (Lipinski definition) is 0. The lowest BCUT2D eigenvalue weighted by Gasteiger charge is -2.43. The fourth-order valence-electron chi connectivity index (χ4n) is 3.04. The van der Waals surface area contributed by atoms with Crippen molar-refractivity contribution in [1.82, 2.24) is 0 Å². The van der Waals surface area contributed by atoms with E-state index < -0.39 is 51.6 Å². The van der Waals surface area contributed by atoms with Gasteiger partial charge in [0.05, 0.1) is 0 Å². The minimum atomic E-state index is -8.23. The van der Waals surface area contributed by atoms with Gasteiger partial charge in [-0.1, -0.05) is 81.4 Å². The highest BCUT2D eigenvalue weighted by molar-refractivity contribution is 14.1. The SMILES string of the molecule is CCCCCCCCCC(I)C(C)C(F)(F)C(F)(F)C(F)(F)C(F)(F)C(F)(F)C(F)(F)C(F)(F)F. The van der Waals surface area contributed by atoms with E-state index >= 15 is 0 Å². The molecule has 0 spiro atoms. The Morgan fingerprint density at radius 2 is 0.857 bits per heavy atom. The van der Waals surface area contributed by atoms with Crippen molar-refractivity contribution in [1.29, 1.82) is 0 Å². The van der Waals surface area contributed by atoms with Gasteiger partial charge in [0.25, 0.3) is 0 Å². The molecule has 0 aromatic heterocycles. The summed E-state index contributed by atoms with van der Waals surface area (Å²) in [6.45, 7) is 2.17. The Bertz CT molecular complexity index is 657. The zero-order valence-corrected chi connectivity index (χ0v) is 20.5. The maximum absolute atomic E-state index is 14.3. The molecule has 2 atom stereocenters. The van der Waals surface area contributed by atoms with Crippen molar-refractivity contribution in [3.05, 3.63) is 0 Å². The van der Waals surface area contributed by atoms with Gasteiger partial charge in [0.2, 0.25) is 0 Å². The summed E-state index contributed by atoms with van der Waals surface area (Å²) in [4.78, 5) is 0. The number of rotatable bonds is 15. The van der Waals surface area contributed by atoms with Gasteiger partial charge < -0.3 is 0 Å². The lowest BCUT2D eigenvalue weighted by Crippen LogP contribution is -2.73. The molecule has 0 aliphatic rings. The van der Waals surface area contributed by atoms with Gasteiger partial charge in [0.15, 0.2) is 0 Å². The molecule has 0 aromatic carbocycles. The molecule has 0 saturated carbocycles. The molecule has 0 saturated heterocycles. The average Bonchev–Trinajstić information content (AvgIpc) is 2.70. The molecule has 16 heteroatoms. The van der Waals surface area contributed by atoms with E-state index in [1.165, 1.54) is 0 Å². The summed E-state index contributed by atoms with van der Waals surface area (Å²) in [5, 5.41) is 0. The molecule has 0 aliphatic carbocycles. The monoisotopic (exact) mass is 664 g/mol. The topological polar surface area (TPSA) is 0 Å². The van der Waals surface area contributed by atoms with Crippen LogP contribution in [-0.4, -0.2) is 45.6 Å². The maximum atomic E-state index is 14.3. The van der Waals surface area contributed by atoms with Gasteiger partial charge in [0.1, 0.15) is 0 Å². The molecule has 0 heterocycles. The highest BCUT2D eigenvalue weighted by Crippen LogP contribution is 2.63. The Labute approximate surface area is 205 Å². The summed E-state index contributed by atoms with van der Waals surface area (Å²) >= 11 is 1.13. The largest absolute Gasteiger partial charge is 0.460 e. The van der Waals surface area contributed by atoms with E-state index in [0.29, 0.717) is 12.8 Å². The quantitative estimate of drug-likeness (QED) is 0.0708. The molecule has 0 rings (SSSR count). The Kier molecular flexibility index (Phi) is 11.5. The minimum Gasteiger partial charge on any atom is -0.199 e. The van der Waals surface area contributed by atoms with Crippen LogP contribution in [0.1, 0.15) is 65.2 Å². The standard InChI is InChI=1S/C19H24F15I/c1-3-4-5-6-7-8-9-10-12(35)11(2)13(20,21)14(22,23)15(24,25)16(26,27)17(28,29)18(30,31)19(32,33)34/h11-12H,3-10H2,1-2H3. The summed E-state index contributed by atoms with van der Waals surface area (Å²) in [5.41, 5.74) is 0. The van der Waals surface area contributed by atoms with Crippen LogP contribution in [0.4, 0.5) is 65.9 Å². The summed E-state index contributed by atoms with van der Waals surface area (Å²) < 4.78 is 198. The van der Waals surface area contributed by atoms with Crippen LogP contribution in [0.25, 0.3) is 0 Å². The van der Waals surface area contributed by atoms with Crippen LogP contribution < -0.4 is 0 Å². The Morgan fingerprint density at radius 3 is 1.26 bits per heavy atom. The van der Waals surface area contributed by atoms with E-state index in [-0.39, 0.29) is 19.8 Å². The summed E-state index contributed by atoms with van der Waals surface area (Å²) in [6, 6.07) is 0. The van der Waals surface area contributed by atoms with Crippen LogP contribution in [0.5, 0.6) is 0 Å². The normalized spacial score (nSPS) is 17.0. The third kappa shape index (κ3) is 6.40. The fourth-order valence-corrected chi connectivity index (χ4v) is 3.93. The van der Waals surface area contributed by atoms with Gasteiger partial charge in [0, 0.05) is 9.84 Å². The van der Waals surface area contributed by atoms with E-state index in [4.69, 9.17) is 0 Å². The third-order valence-corrected chi connectivity index (χ3v) is 7.25. The lowest BCUT2D eigenvalue weighted by atomic mass is 9.84. The van der Waals surface area contributed by atoms with E-state index in [1.807, 2.05) is 6.92 Å². The molecule has 0 radical (unpaired) electrons. The van der Waals surface area contributed by atoms with Gasteiger partial charge in [-0.15, -0.1) is 0 Å².